The van der Waals surface area contributed by atoms with Crippen LogP contribution in [-0.2, 0) is 4.74 Å². The van der Waals surface area contributed by atoms with Crippen LogP contribution in [-0.4, -0.2) is 31.3 Å². The lowest BCUT2D eigenvalue weighted by atomic mass is 10.1. The van der Waals surface area contributed by atoms with Gasteiger partial charge in [0.05, 0.1) is 5.39 Å². The average molecular weight is 388 g/mol. The molecule has 0 saturated heterocycles. The van der Waals surface area contributed by atoms with Gasteiger partial charge in [0, 0.05) is 21.7 Å². The Labute approximate surface area is 157 Å². The lowest BCUT2D eigenvalue weighted by Crippen LogP contribution is -2.28. The SMILES string of the molecule is Cc1scc2c(C(=O)OC(C)(C)C)nn(-c3ccc([N+](=O)[O-])nc3)c(=O)c12. The van der Waals surface area contributed by atoms with E-state index in [0.29, 0.717) is 10.8 Å². The first-order valence-corrected chi connectivity index (χ1v) is 8.82. The largest absolute Gasteiger partial charge is 0.455 e. The van der Waals surface area contributed by atoms with Crippen LogP contribution in [0.1, 0.15) is 36.1 Å². The first kappa shape index (κ1) is 18.6. The van der Waals surface area contributed by atoms with Gasteiger partial charge in [0.1, 0.15) is 11.3 Å². The molecule has 3 aromatic heterocycles. The Morgan fingerprint density at radius 2 is 2.04 bits per heavy atom. The van der Waals surface area contributed by atoms with Crippen LogP contribution < -0.4 is 5.56 Å². The summed E-state index contributed by atoms with van der Waals surface area (Å²) in [5.41, 5.74) is -0.955. The number of hydrogen-bond acceptors (Lipinski definition) is 8. The van der Waals surface area contributed by atoms with E-state index in [9.17, 15) is 19.7 Å². The van der Waals surface area contributed by atoms with E-state index in [0.717, 1.165) is 9.56 Å². The molecule has 0 aliphatic carbocycles. The first-order chi connectivity index (χ1) is 12.6. The molecule has 27 heavy (non-hydrogen) atoms. The minimum atomic E-state index is -0.730. The van der Waals surface area contributed by atoms with E-state index in [1.54, 1.807) is 33.1 Å². The number of esters is 1. The van der Waals surface area contributed by atoms with Crippen molar-refractivity contribution in [2.45, 2.75) is 33.3 Å². The second kappa shape index (κ2) is 6.54. The molecule has 3 aromatic rings. The third-order valence-electron chi connectivity index (χ3n) is 3.59. The fraction of sp³-hybridized carbons (Fsp3) is 0.294. The highest BCUT2D eigenvalue weighted by Gasteiger charge is 2.25. The number of carbonyl (C=O) groups is 1. The molecule has 0 N–H and O–H groups in total. The molecular formula is C17H16N4O5S. The van der Waals surface area contributed by atoms with Crippen molar-refractivity contribution in [1.29, 1.82) is 0 Å². The van der Waals surface area contributed by atoms with Gasteiger partial charge in [-0.05, 0) is 43.7 Å². The fourth-order valence-electron chi connectivity index (χ4n) is 2.46. The number of hydrogen-bond donors (Lipinski definition) is 0. The van der Waals surface area contributed by atoms with Crippen LogP contribution in [0.2, 0.25) is 0 Å². The molecule has 0 aliphatic heterocycles. The number of nitro groups is 1. The van der Waals surface area contributed by atoms with E-state index in [1.807, 2.05) is 0 Å². The topological polar surface area (TPSA) is 117 Å². The highest BCUT2D eigenvalue weighted by atomic mass is 32.1. The van der Waals surface area contributed by atoms with Crippen molar-refractivity contribution in [3.05, 3.63) is 54.7 Å². The van der Waals surface area contributed by atoms with Gasteiger partial charge in [-0.3, -0.25) is 4.79 Å². The molecule has 140 valence electrons. The Morgan fingerprint density at radius 3 is 2.59 bits per heavy atom. The van der Waals surface area contributed by atoms with Crippen LogP contribution in [0.15, 0.2) is 28.5 Å². The van der Waals surface area contributed by atoms with Gasteiger partial charge in [0.25, 0.3) is 5.56 Å². The molecule has 0 unspecified atom stereocenters. The van der Waals surface area contributed by atoms with E-state index in [-0.39, 0.29) is 17.2 Å². The standard InChI is InChI=1S/C17H16N4O5S/c1-9-13-11(8-27-9)14(16(23)26-17(2,3)4)19-20(15(13)22)10-5-6-12(18-7-10)21(24)25/h5-8H,1-4H3. The molecule has 9 nitrogen and oxygen atoms in total. The van der Waals surface area contributed by atoms with Crippen LogP contribution >= 0.6 is 11.3 Å². The second-order valence-electron chi connectivity index (χ2n) is 6.78. The predicted molar refractivity (Wildman–Crippen MR) is 99.6 cm³/mol. The van der Waals surface area contributed by atoms with Crippen molar-refractivity contribution in [2.24, 2.45) is 0 Å². The van der Waals surface area contributed by atoms with Gasteiger partial charge in [0.15, 0.2) is 11.9 Å². The molecule has 0 aliphatic rings. The number of fused-ring (bicyclic) bond motifs is 1. The van der Waals surface area contributed by atoms with Crippen molar-refractivity contribution in [3.8, 4) is 5.69 Å². The molecule has 0 bridgehead atoms. The number of thiophene rings is 1. The minimum Gasteiger partial charge on any atom is -0.455 e. The molecule has 0 fully saturated rings. The highest BCUT2D eigenvalue weighted by molar-refractivity contribution is 7.11. The smallest absolute Gasteiger partial charge is 0.363 e. The summed E-state index contributed by atoms with van der Waals surface area (Å²) in [6, 6.07) is 2.52. The van der Waals surface area contributed by atoms with Gasteiger partial charge in [-0.1, -0.05) is 0 Å². The summed E-state index contributed by atoms with van der Waals surface area (Å²) in [7, 11) is 0. The molecule has 0 aromatic carbocycles. The lowest BCUT2D eigenvalue weighted by Gasteiger charge is -2.19. The minimum absolute atomic E-state index is 0.00206. The number of pyridine rings is 1. The Balaban J connectivity index is 2.23. The highest BCUT2D eigenvalue weighted by Crippen LogP contribution is 2.26. The van der Waals surface area contributed by atoms with E-state index in [4.69, 9.17) is 4.74 Å². The second-order valence-corrected chi connectivity index (χ2v) is 7.86. The van der Waals surface area contributed by atoms with Crippen LogP contribution in [0.3, 0.4) is 0 Å². The maximum atomic E-state index is 12.9. The van der Waals surface area contributed by atoms with Crippen LogP contribution in [0, 0.1) is 17.0 Å². The Morgan fingerprint density at radius 1 is 1.33 bits per heavy atom. The third kappa shape index (κ3) is 3.56. The molecule has 0 radical (unpaired) electrons. The fourth-order valence-corrected chi connectivity index (χ4v) is 3.30. The zero-order valence-corrected chi connectivity index (χ0v) is 15.9. The summed E-state index contributed by atoms with van der Waals surface area (Å²) >= 11 is 1.33. The summed E-state index contributed by atoms with van der Waals surface area (Å²) in [6.07, 6.45) is 1.17. The van der Waals surface area contributed by atoms with Gasteiger partial charge in [0.2, 0.25) is 0 Å². The number of ether oxygens (including phenoxy) is 1. The Kier molecular flexibility index (Phi) is 4.52. The lowest BCUT2D eigenvalue weighted by molar-refractivity contribution is -0.389. The quantitative estimate of drug-likeness (QED) is 0.384. The number of rotatable bonds is 3. The molecule has 3 rings (SSSR count). The van der Waals surface area contributed by atoms with Gasteiger partial charge in [-0.25, -0.2) is 4.79 Å². The summed E-state index contributed by atoms with van der Waals surface area (Å²) in [5, 5.41) is 17.4. The average Bonchev–Trinajstić information content (AvgIpc) is 2.96. The van der Waals surface area contributed by atoms with Crippen LogP contribution in [0.25, 0.3) is 16.5 Å². The molecule has 0 atom stereocenters. The molecule has 0 spiro atoms. The number of aryl methyl sites for hydroxylation is 1. The van der Waals surface area contributed by atoms with Crippen LogP contribution in [0.5, 0.6) is 0 Å². The summed E-state index contributed by atoms with van der Waals surface area (Å²) in [4.78, 5) is 40.1. The van der Waals surface area contributed by atoms with Gasteiger partial charge >= 0.3 is 11.8 Å². The molecule has 0 amide bonds. The maximum Gasteiger partial charge on any atom is 0.363 e. The molecular weight excluding hydrogens is 372 g/mol. The normalized spacial score (nSPS) is 11.6. The van der Waals surface area contributed by atoms with Gasteiger partial charge in [-0.15, -0.1) is 11.3 Å². The first-order valence-electron chi connectivity index (χ1n) is 7.94. The van der Waals surface area contributed by atoms with Crippen molar-refractivity contribution < 1.29 is 14.5 Å². The van der Waals surface area contributed by atoms with E-state index in [2.05, 4.69) is 10.1 Å². The summed E-state index contributed by atoms with van der Waals surface area (Å²) in [6.45, 7) is 6.97. The molecule has 10 heteroatoms. The zero-order chi connectivity index (χ0) is 19.9. The summed E-state index contributed by atoms with van der Waals surface area (Å²) in [5.74, 6) is -1.01. The van der Waals surface area contributed by atoms with Crippen LogP contribution in [0.4, 0.5) is 5.82 Å². The predicted octanol–water partition coefficient (Wildman–Crippen LogP) is 3.01. The van der Waals surface area contributed by atoms with Crippen molar-refractivity contribution in [2.75, 3.05) is 0 Å². The third-order valence-corrected chi connectivity index (χ3v) is 4.50. The Bertz CT molecular complexity index is 1110. The zero-order valence-electron chi connectivity index (χ0n) is 15.0. The Hall–Kier alpha value is -3.14. The maximum absolute atomic E-state index is 12.9. The van der Waals surface area contributed by atoms with E-state index >= 15 is 0 Å². The molecule has 3 heterocycles. The number of nitrogens with zero attached hydrogens (tertiary/aromatic N) is 4. The summed E-state index contributed by atoms with van der Waals surface area (Å²) < 4.78 is 6.42. The number of carbonyl (C=O) groups excluding carboxylic acids is 1. The number of aromatic nitrogens is 3. The van der Waals surface area contributed by atoms with E-state index in [1.165, 1.54) is 29.7 Å². The van der Waals surface area contributed by atoms with Gasteiger partial charge in [-0.2, -0.15) is 9.78 Å². The van der Waals surface area contributed by atoms with Crippen molar-refractivity contribution in [3.63, 3.8) is 0 Å². The van der Waals surface area contributed by atoms with E-state index < -0.39 is 22.1 Å². The molecule has 0 saturated carbocycles. The van der Waals surface area contributed by atoms with Gasteiger partial charge < -0.3 is 14.9 Å². The van der Waals surface area contributed by atoms with Crippen molar-refractivity contribution >= 4 is 33.9 Å². The monoisotopic (exact) mass is 388 g/mol. The van der Waals surface area contributed by atoms with Crippen molar-refractivity contribution in [1.82, 2.24) is 14.8 Å².